The third-order valence-corrected chi connectivity index (χ3v) is 4.50. The second kappa shape index (κ2) is 5.83. The van der Waals surface area contributed by atoms with Crippen molar-refractivity contribution in [3.63, 3.8) is 0 Å². The van der Waals surface area contributed by atoms with Crippen LogP contribution in [0.2, 0.25) is 0 Å². The van der Waals surface area contributed by atoms with E-state index in [2.05, 4.69) is 34.5 Å². The Morgan fingerprint density at radius 1 is 1.20 bits per heavy atom. The SMILES string of the molecule is NC1CCC(C(=O)NC2CCN(c3ccccc3)C2)C1. The summed E-state index contributed by atoms with van der Waals surface area (Å²) in [6, 6.07) is 10.9. The average Bonchev–Trinajstić information content (AvgIpc) is 3.09. The molecule has 1 aliphatic carbocycles. The number of carbonyl (C=O) groups is 1. The van der Waals surface area contributed by atoms with Gasteiger partial charge in [-0.05, 0) is 37.8 Å². The maximum Gasteiger partial charge on any atom is 0.223 e. The highest BCUT2D eigenvalue weighted by Gasteiger charge is 2.31. The van der Waals surface area contributed by atoms with E-state index in [4.69, 9.17) is 5.73 Å². The molecule has 3 N–H and O–H groups in total. The summed E-state index contributed by atoms with van der Waals surface area (Å²) in [4.78, 5) is 14.5. The molecule has 0 bridgehead atoms. The molecule has 2 aliphatic rings. The molecule has 3 rings (SSSR count). The Morgan fingerprint density at radius 3 is 2.70 bits per heavy atom. The lowest BCUT2D eigenvalue weighted by Crippen LogP contribution is -2.40. The smallest absolute Gasteiger partial charge is 0.223 e. The Morgan fingerprint density at radius 2 is 2.00 bits per heavy atom. The predicted octanol–water partition coefficient (Wildman–Crippen LogP) is 1.51. The summed E-state index contributed by atoms with van der Waals surface area (Å²) in [5, 5.41) is 3.20. The molecule has 1 heterocycles. The minimum atomic E-state index is 0.135. The van der Waals surface area contributed by atoms with E-state index in [0.717, 1.165) is 38.8 Å². The van der Waals surface area contributed by atoms with E-state index < -0.39 is 0 Å². The first-order chi connectivity index (χ1) is 9.72. The van der Waals surface area contributed by atoms with E-state index in [0.29, 0.717) is 0 Å². The molecule has 1 amide bonds. The van der Waals surface area contributed by atoms with Gasteiger partial charge in [0.15, 0.2) is 0 Å². The molecule has 20 heavy (non-hydrogen) atoms. The van der Waals surface area contributed by atoms with Crippen LogP contribution in [0.5, 0.6) is 0 Å². The Labute approximate surface area is 120 Å². The van der Waals surface area contributed by atoms with E-state index in [1.807, 2.05) is 6.07 Å². The Hall–Kier alpha value is -1.55. The van der Waals surface area contributed by atoms with Crippen LogP contribution in [0.25, 0.3) is 0 Å². The second-order valence-electron chi connectivity index (χ2n) is 6.05. The van der Waals surface area contributed by atoms with Gasteiger partial charge < -0.3 is 16.0 Å². The van der Waals surface area contributed by atoms with Crippen LogP contribution in [-0.4, -0.2) is 31.1 Å². The summed E-state index contributed by atoms with van der Waals surface area (Å²) in [5.74, 6) is 0.341. The van der Waals surface area contributed by atoms with Crippen LogP contribution in [-0.2, 0) is 4.79 Å². The highest BCUT2D eigenvalue weighted by molar-refractivity contribution is 5.79. The van der Waals surface area contributed by atoms with Crippen molar-refractivity contribution in [3.05, 3.63) is 30.3 Å². The van der Waals surface area contributed by atoms with Gasteiger partial charge in [0.25, 0.3) is 0 Å². The zero-order chi connectivity index (χ0) is 13.9. The van der Waals surface area contributed by atoms with E-state index in [1.54, 1.807) is 0 Å². The molecule has 0 radical (unpaired) electrons. The van der Waals surface area contributed by atoms with Crippen LogP contribution < -0.4 is 16.0 Å². The van der Waals surface area contributed by atoms with E-state index >= 15 is 0 Å². The van der Waals surface area contributed by atoms with Crippen molar-refractivity contribution < 1.29 is 4.79 Å². The summed E-state index contributed by atoms with van der Waals surface area (Å²) in [5.41, 5.74) is 7.12. The molecule has 1 saturated heterocycles. The maximum absolute atomic E-state index is 12.2. The van der Waals surface area contributed by atoms with Gasteiger partial charge in [-0.1, -0.05) is 18.2 Å². The van der Waals surface area contributed by atoms with Crippen LogP contribution in [0.15, 0.2) is 30.3 Å². The molecule has 4 heteroatoms. The van der Waals surface area contributed by atoms with Crippen molar-refractivity contribution in [3.8, 4) is 0 Å². The number of nitrogens with two attached hydrogens (primary N) is 1. The molecule has 1 saturated carbocycles. The molecule has 0 aromatic heterocycles. The molecule has 108 valence electrons. The summed E-state index contributed by atoms with van der Waals surface area (Å²) >= 11 is 0. The Bertz CT molecular complexity index is 462. The van der Waals surface area contributed by atoms with Crippen LogP contribution in [0.4, 0.5) is 5.69 Å². The number of hydrogen-bond donors (Lipinski definition) is 2. The van der Waals surface area contributed by atoms with Crippen molar-refractivity contribution >= 4 is 11.6 Å². The number of rotatable bonds is 3. The largest absolute Gasteiger partial charge is 0.369 e. The third kappa shape index (κ3) is 2.96. The van der Waals surface area contributed by atoms with Gasteiger partial charge >= 0.3 is 0 Å². The Balaban J connectivity index is 1.52. The molecular weight excluding hydrogens is 250 g/mol. The summed E-state index contributed by atoms with van der Waals surface area (Å²) in [7, 11) is 0. The molecule has 1 aromatic rings. The number of carbonyl (C=O) groups excluding carboxylic acids is 1. The van der Waals surface area contributed by atoms with Crippen LogP contribution in [0.1, 0.15) is 25.7 Å². The van der Waals surface area contributed by atoms with Gasteiger partial charge in [-0.2, -0.15) is 0 Å². The van der Waals surface area contributed by atoms with Crippen molar-refractivity contribution in [1.82, 2.24) is 5.32 Å². The van der Waals surface area contributed by atoms with E-state index in [9.17, 15) is 4.79 Å². The monoisotopic (exact) mass is 273 g/mol. The average molecular weight is 273 g/mol. The van der Waals surface area contributed by atoms with E-state index in [1.165, 1.54) is 5.69 Å². The van der Waals surface area contributed by atoms with Gasteiger partial charge in [0.05, 0.1) is 0 Å². The fraction of sp³-hybridized carbons (Fsp3) is 0.562. The van der Waals surface area contributed by atoms with Crippen LogP contribution in [0, 0.1) is 5.92 Å². The summed E-state index contributed by atoms with van der Waals surface area (Å²) in [6.07, 6.45) is 3.81. The van der Waals surface area contributed by atoms with Gasteiger partial charge in [0, 0.05) is 36.8 Å². The molecule has 1 aliphatic heterocycles. The normalized spacial score (nSPS) is 29.6. The minimum absolute atomic E-state index is 0.135. The first-order valence-corrected chi connectivity index (χ1v) is 7.58. The van der Waals surface area contributed by atoms with Gasteiger partial charge in [-0.25, -0.2) is 0 Å². The first-order valence-electron chi connectivity index (χ1n) is 7.58. The number of nitrogens with zero attached hydrogens (tertiary/aromatic N) is 1. The maximum atomic E-state index is 12.2. The molecule has 4 nitrogen and oxygen atoms in total. The number of hydrogen-bond acceptors (Lipinski definition) is 3. The second-order valence-corrected chi connectivity index (χ2v) is 6.05. The van der Waals surface area contributed by atoms with Gasteiger partial charge in [-0.15, -0.1) is 0 Å². The predicted molar refractivity (Wildman–Crippen MR) is 80.5 cm³/mol. The molecule has 1 aromatic carbocycles. The quantitative estimate of drug-likeness (QED) is 0.877. The van der Waals surface area contributed by atoms with E-state index in [-0.39, 0.29) is 23.9 Å². The number of benzene rings is 1. The van der Waals surface area contributed by atoms with Gasteiger partial charge in [-0.3, -0.25) is 4.79 Å². The molecule has 3 unspecified atom stereocenters. The standard InChI is InChI=1S/C16H23N3O/c17-13-7-6-12(10-13)16(20)18-14-8-9-19(11-14)15-4-2-1-3-5-15/h1-5,12-14H,6-11,17H2,(H,18,20). The number of nitrogens with one attached hydrogen (secondary N) is 1. The topological polar surface area (TPSA) is 58.4 Å². The zero-order valence-electron chi connectivity index (χ0n) is 11.8. The lowest BCUT2D eigenvalue weighted by Gasteiger charge is -2.20. The lowest BCUT2D eigenvalue weighted by atomic mass is 10.1. The van der Waals surface area contributed by atoms with Crippen molar-refractivity contribution in [2.75, 3.05) is 18.0 Å². The van der Waals surface area contributed by atoms with Crippen molar-refractivity contribution in [1.29, 1.82) is 0 Å². The zero-order valence-corrected chi connectivity index (χ0v) is 11.8. The fourth-order valence-corrected chi connectivity index (χ4v) is 3.32. The molecular formula is C16H23N3O. The van der Waals surface area contributed by atoms with Crippen molar-refractivity contribution in [2.45, 2.75) is 37.8 Å². The van der Waals surface area contributed by atoms with Gasteiger partial charge in [0.2, 0.25) is 5.91 Å². The minimum Gasteiger partial charge on any atom is -0.369 e. The molecule has 2 fully saturated rings. The number of para-hydroxylation sites is 1. The lowest BCUT2D eigenvalue weighted by molar-refractivity contribution is -0.125. The third-order valence-electron chi connectivity index (χ3n) is 4.50. The number of amides is 1. The highest BCUT2D eigenvalue weighted by Crippen LogP contribution is 2.25. The van der Waals surface area contributed by atoms with Crippen LogP contribution >= 0.6 is 0 Å². The summed E-state index contributed by atoms with van der Waals surface area (Å²) < 4.78 is 0. The van der Waals surface area contributed by atoms with Gasteiger partial charge in [0.1, 0.15) is 0 Å². The van der Waals surface area contributed by atoms with Crippen LogP contribution in [0.3, 0.4) is 0 Å². The Kier molecular flexibility index (Phi) is 3.92. The van der Waals surface area contributed by atoms with Crippen molar-refractivity contribution in [2.24, 2.45) is 11.7 Å². The summed E-state index contributed by atoms with van der Waals surface area (Å²) in [6.45, 7) is 1.92. The fourth-order valence-electron chi connectivity index (χ4n) is 3.32. The first kappa shape index (κ1) is 13.4. The molecule has 3 atom stereocenters. The number of anilines is 1. The highest BCUT2D eigenvalue weighted by atomic mass is 16.2. The molecule has 0 spiro atoms.